The number of likely N-dealkylation sites (N-methyl/N-ethyl adjacent to an activating group) is 1. The van der Waals surface area contributed by atoms with Crippen LogP contribution in [0.25, 0.3) is 0 Å². The lowest BCUT2D eigenvalue weighted by atomic mass is 10.2. The van der Waals surface area contributed by atoms with Crippen molar-refractivity contribution in [3.05, 3.63) is 65.3 Å². The number of ether oxygens (including phenoxy) is 1. The molecule has 0 bridgehead atoms. The van der Waals surface area contributed by atoms with Crippen LogP contribution in [0.5, 0.6) is 5.75 Å². The van der Waals surface area contributed by atoms with Gasteiger partial charge in [0.15, 0.2) is 5.82 Å². The molecule has 1 aromatic heterocycles. The van der Waals surface area contributed by atoms with Crippen LogP contribution in [0.15, 0.2) is 65.3 Å². The van der Waals surface area contributed by atoms with Gasteiger partial charge in [0.2, 0.25) is 5.95 Å². The highest BCUT2D eigenvalue weighted by atomic mass is 79.9. The molecule has 7 nitrogen and oxygen atoms in total. The molecule has 0 aliphatic carbocycles. The summed E-state index contributed by atoms with van der Waals surface area (Å²) in [5.74, 6) is 1.35. The second-order valence-electron chi connectivity index (χ2n) is 8.45. The third-order valence-electron chi connectivity index (χ3n) is 5.02. The number of rotatable bonds is 12. The zero-order valence-corrected chi connectivity index (χ0v) is 21.6. The van der Waals surface area contributed by atoms with Gasteiger partial charge in [0, 0.05) is 37.1 Å². The zero-order chi connectivity index (χ0) is 26.1. The predicted molar refractivity (Wildman–Crippen MR) is 138 cm³/mol. The van der Waals surface area contributed by atoms with Gasteiger partial charge in [-0.25, -0.2) is 4.98 Å². The molecule has 0 fully saturated rings. The minimum atomic E-state index is -4.22. The average molecular weight is 568 g/mol. The summed E-state index contributed by atoms with van der Waals surface area (Å²) in [6.45, 7) is 0.803. The van der Waals surface area contributed by atoms with Crippen LogP contribution in [0, 0.1) is 0 Å². The standard InChI is InChI=1S/C25H29BrF3N5O2/c1-33(2)16-20(35)17-36-21-11-9-18(10-12-21)31-24-30-15-22(26)23(32-24)34(14-6-13-25(27,28)29)19-7-4-3-5-8-19/h3-5,7-12,15,20,35H,6,13-14,16-17H2,1-2H3,(H,30,31,32). The molecule has 36 heavy (non-hydrogen) atoms. The van der Waals surface area contributed by atoms with Gasteiger partial charge in [-0.3, -0.25) is 0 Å². The lowest BCUT2D eigenvalue weighted by molar-refractivity contribution is -0.134. The molecule has 0 saturated carbocycles. The quantitative estimate of drug-likeness (QED) is 0.288. The Balaban J connectivity index is 1.72. The summed E-state index contributed by atoms with van der Waals surface area (Å²) < 4.78 is 44.5. The molecule has 11 heteroatoms. The van der Waals surface area contributed by atoms with Crippen LogP contribution in [0.2, 0.25) is 0 Å². The van der Waals surface area contributed by atoms with Crippen LogP contribution in [-0.4, -0.2) is 66.0 Å². The Morgan fingerprint density at radius 2 is 1.78 bits per heavy atom. The van der Waals surface area contributed by atoms with Crippen molar-refractivity contribution in [3.63, 3.8) is 0 Å². The molecule has 2 N–H and O–H groups in total. The normalized spacial score (nSPS) is 12.4. The predicted octanol–water partition coefficient (Wildman–Crippen LogP) is 5.76. The van der Waals surface area contributed by atoms with Gasteiger partial charge in [-0.05, 0) is 72.8 Å². The average Bonchev–Trinajstić information content (AvgIpc) is 2.82. The molecule has 0 saturated heterocycles. The molecule has 3 aromatic rings. The van der Waals surface area contributed by atoms with Gasteiger partial charge >= 0.3 is 6.18 Å². The third kappa shape index (κ3) is 8.96. The maximum absolute atomic E-state index is 12.8. The fraction of sp³-hybridized carbons (Fsp3) is 0.360. The maximum atomic E-state index is 12.8. The number of hydrogen-bond donors (Lipinski definition) is 2. The van der Waals surface area contributed by atoms with E-state index in [1.54, 1.807) is 35.4 Å². The van der Waals surface area contributed by atoms with Gasteiger partial charge in [0.1, 0.15) is 18.5 Å². The minimum absolute atomic E-state index is 0.0810. The van der Waals surface area contributed by atoms with Crippen molar-refractivity contribution in [2.24, 2.45) is 0 Å². The molecule has 0 aliphatic rings. The van der Waals surface area contributed by atoms with Crippen LogP contribution < -0.4 is 15.0 Å². The molecule has 0 aliphatic heterocycles. The number of nitrogens with zero attached hydrogens (tertiary/aromatic N) is 4. The van der Waals surface area contributed by atoms with Gasteiger partial charge in [0.05, 0.1) is 4.47 Å². The SMILES string of the molecule is CN(C)CC(O)COc1ccc(Nc2ncc(Br)c(N(CCCC(F)(F)F)c3ccccc3)n2)cc1. The smallest absolute Gasteiger partial charge is 0.389 e. The van der Waals surface area contributed by atoms with Crippen molar-refractivity contribution in [2.45, 2.75) is 25.1 Å². The van der Waals surface area contributed by atoms with Gasteiger partial charge in [-0.15, -0.1) is 0 Å². The maximum Gasteiger partial charge on any atom is 0.389 e. The summed E-state index contributed by atoms with van der Waals surface area (Å²) in [4.78, 5) is 12.5. The molecular weight excluding hydrogens is 539 g/mol. The fourth-order valence-corrected chi connectivity index (χ4v) is 3.85. The Morgan fingerprint density at radius 1 is 1.08 bits per heavy atom. The number of aliphatic hydroxyl groups excluding tert-OH is 1. The van der Waals surface area contributed by atoms with Crippen molar-refractivity contribution < 1.29 is 23.0 Å². The number of aliphatic hydroxyl groups is 1. The number of alkyl halides is 3. The Morgan fingerprint density at radius 3 is 2.42 bits per heavy atom. The van der Waals surface area contributed by atoms with E-state index in [1.165, 1.54) is 0 Å². The van der Waals surface area contributed by atoms with E-state index in [4.69, 9.17) is 4.74 Å². The number of aromatic nitrogens is 2. The van der Waals surface area contributed by atoms with E-state index in [9.17, 15) is 18.3 Å². The van der Waals surface area contributed by atoms with Gasteiger partial charge in [-0.1, -0.05) is 18.2 Å². The molecule has 2 aromatic carbocycles. The van der Waals surface area contributed by atoms with Crippen molar-refractivity contribution in [1.82, 2.24) is 14.9 Å². The van der Waals surface area contributed by atoms with Crippen molar-refractivity contribution in [3.8, 4) is 5.75 Å². The van der Waals surface area contributed by atoms with Crippen LogP contribution in [0.1, 0.15) is 12.8 Å². The second kappa shape index (κ2) is 12.9. The van der Waals surface area contributed by atoms with Crippen molar-refractivity contribution in [2.75, 3.05) is 44.0 Å². The van der Waals surface area contributed by atoms with E-state index >= 15 is 0 Å². The summed E-state index contributed by atoms with van der Waals surface area (Å²) in [7, 11) is 3.75. The van der Waals surface area contributed by atoms with Crippen molar-refractivity contribution >= 4 is 39.1 Å². The largest absolute Gasteiger partial charge is 0.491 e. The molecule has 3 rings (SSSR count). The highest BCUT2D eigenvalue weighted by Crippen LogP contribution is 2.32. The molecule has 194 valence electrons. The van der Waals surface area contributed by atoms with E-state index in [0.717, 1.165) is 5.69 Å². The summed E-state index contributed by atoms with van der Waals surface area (Å²) >= 11 is 3.44. The fourth-order valence-electron chi connectivity index (χ4n) is 3.44. The topological polar surface area (TPSA) is 73.8 Å². The highest BCUT2D eigenvalue weighted by Gasteiger charge is 2.27. The number of nitrogens with one attached hydrogen (secondary N) is 1. The van der Waals surface area contributed by atoms with Crippen LogP contribution in [-0.2, 0) is 0 Å². The number of benzene rings is 2. The lowest BCUT2D eigenvalue weighted by Crippen LogP contribution is -2.30. The highest BCUT2D eigenvalue weighted by molar-refractivity contribution is 9.10. The third-order valence-corrected chi connectivity index (χ3v) is 5.58. The summed E-state index contributed by atoms with van der Waals surface area (Å²) in [5.41, 5.74) is 1.43. The van der Waals surface area contributed by atoms with Gasteiger partial charge < -0.3 is 25.0 Å². The Hall–Kier alpha value is -2.89. The summed E-state index contributed by atoms with van der Waals surface area (Å²) in [5, 5.41) is 13.1. The first-order chi connectivity index (χ1) is 17.1. The summed E-state index contributed by atoms with van der Waals surface area (Å²) in [6, 6.07) is 16.2. The Bertz CT molecular complexity index is 1090. The van der Waals surface area contributed by atoms with Gasteiger partial charge in [-0.2, -0.15) is 18.2 Å². The first-order valence-corrected chi connectivity index (χ1v) is 12.1. The molecule has 0 radical (unpaired) electrons. The zero-order valence-electron chi connectivity index (χ0n) is 20.0. The van der Waals surface area contributed by atoms with Gasteiger partial charge in [0.25, 0.3) is 0 Å². The van der Waals surface area contributed by atoms with Crippen molar-refractivity contribution in [1.29, 1.82) is 0 Å². The Labute approximate surface area is 217 Å². The molecule has 1 unspecified atom stereocenters. The number of hydrogen-bond acceptors (Lipinski definition) is 7. The minimum Gasteiger partial charge on any atom is -0.491 e. The number of para-hydroxylation sites is 1. The lowest BCUT2D eigenvalue weighted by Gasteiger charge is -2.25. The number of anilines is 4. The van der Waals surface area contributed by atoms with E-state index in [2.05, 4.69) is 31.2 Å². The molecule has 0 spiro atoms. The Kier molecular flexibility index (Phi) is 9.91. The first-order valence-electron chi connectivity index (χ1n) is 11.4. The first kappa shape index (κ1) is 27.7. The van der Waals surface area contributed by atoms with Crippen LogP contribution in [0.3, 0.4) is 0 Å². The monoisotopic (exact) mass is 567 g/mol. The number of halogens is 4. The van der Waals surface area contributed by atoms with E-state index in [0.29, 0.717) is 34.2 Å². The van der Waals surface area contributed by atoms with E-state index < -0.39 is 18.7 Å². The molecular formula is C25H29BrF3N5O2. The summed E-state index contributed by atoms with van der Waals surface area (Å²) in [6.07, 6.45) is -4.23. The molecule has 0 amide bonds. The van der Waals surface area contributed by atoms with E-state index in [1.807, 2.05) is 49.3 Å². The molecule has 1 heterocycles. The second-order valence-corrected chi connectivity index (χ2v) is 9.30. The van der Waals surface area contributed by atoms with E-state index in [-0.39, 0.29) is 19.6 Å². The van der Waals surface area contributed by atoms with Crippen LogP contribution in [0.4, 0.5) is 36.3 Å². The molecule has 1 atom stereocenters. The van der Waals surface area contributed by atoms with Crippen LogP contribution >= 0.6 is 15.9 Å².